The van der Waals surface area contributed by atoms with Gasteiger partial charge in [0.25, 0.3) is 11.1 Å². The number of anilines is 1. The van der Waals surface area contributed by atoms with Gasteiger partial charge < -0.3 is 19.4 Å². The average molecular weight is 522 g/mol. The Morgan fingerprint density at radius 2 is 1.76 bits per heavy atom. The van der Waals surface area contributed by atoms with Gasteiger partial charge in [-0.05, 0) is 55.1 Å². The number of imide groups is 1. The summed E-state index contributed by atoms with van der Waals surface area (Å²) in [5.74, 6) is -2.00. The van der Waals surface area contributed by atoms with Crippen LogP contribution in [0.5, 0.6) is 0 Å². The summed E-state index contributed by atoms with van der Waals surface area (Å²) < 4.78 is 11.3. The first kappa shape index (κ1) is 25.7. The number of aromatic nitrogens is 1. The molecule has 1 fully saturated rings. The molecule has 1 N–H and O–H groups in total. The minimum absolute atomic E-state index is 0.0164. The molecule has 3 aromatic rings. The van der Waals surface area contributed by atoms with E-state index >= 15 is 0 Å². The number of nitrogens with zero attached hydrogens (tertiary/aromatic N) is 2. The highest BCUT2D eigenvalue weighted by Gasteiger charge is 2.36. The van der Waals surface area contributed by atoms with Crippen LogP contribution in [0.3, 0.4) is 0 Å². The number of benzene rings is 2. The molecule has 0 radical (unpaired) electrons. The first-order valence-electron chi connectivity index (χ1n) is 11.3. The van der Waals surface area contributed by atoms with Crippen LogP contribution in [-0.4, -0.2) is 58.7 Å². The van der Waals surface area contributed by atoms with Crippen molar-refractivity contribution in [1.29, 1.82) is 0 Å². The van der Waals surface area contributed by atoms with E-state index in [0.29, 0.717) is 16.8 Å². The maximum atomic E-state index is 12.8. The fourth-order valence-electron chi connectivity index (χ4n) is 3.80. The second-order valence-corrected chi connectivity index (χ2v) is 8.91. The summed E-state index contributed by atoms with van der Waals surface area (Å²) in [6.45, 7) is 1.33. The average Bonchev–Trinajstić information content (AvgIpc) is 3.35. The third-order valence-corrected chi connectivity index (χ3v) is 6.38. The van der Waals surface area contributed by atoms with Gasteiger partial charge in [-0.25, -0.2) is 4.79 Å². The Bertz CT molecular complexity index is 1430. The number of carbonyl (C=O) groups is 5. The summed E-state index contributed by atoms with van der Waals surface area (Å²) in [6, 6.07) is 13.7. The minimum atomic E-state index is -0.659. The Labute approximate surface area is 216 Å². The number of hydrogen-bond acceptors (Lipinski definition) is 8. The van der Waals surface area contributed by atoms with Crippen LogP contribution in [0, 0.1) is 0 Å². The third-order valence-electron chi connectivity index (χ3n) is 5.48. The predicted molar refractivity (Wildman–Crippen MR) is 138 cm³/mol. The molecule has 0 saturated carbocycles. The van der Waals surface area contributed by atoms with Crippen molar-refractivity contribution >= 4 is 63.4 Å². The van der Waals surface area contributed by atoms with Crippen LogP contribution in [0.2, 0.25) is 0 Å². The van der Waals surface area contributed by atoms with Crippen molar-refractivity contribution in [2.45, 2.75) is 13.5 Å². The maximum absolute atomic E-state index is 12.8. The van der Waals surface area contributed by atoms with Crippen LogP contribution in [0.1, 0.15) is 22.8 Å². The van der Waals surface area contributed by atoms with Crippen LogP contribution < -0.4 is 5.32 Å². The molecule has 10 nitrogen and oxygen atoms in total. The lowest BCUT2D eigenvalue weighted by atomic mass is 10.1. The second-order valence-electron chi connectivity index (χ2n) is 7.92. The van der Waals surface area contributed by atoms with Gasteiger partial charge in [-0.15, -0.1) is 0 Å². The number of carbonyl (C=O) groups excluding carboxylic acids is 5. The number of esters is 2. The van der Waals surface area contributed by atoms with E-state index in [0.717, 1.165) is 27.6 Å². The van der Waals surface area contributed by atoms with Gasteiger partial charge in [-0.1, -0.05) is 18.2 Å². The lowest BCUT2D eigenvalue weighted by Crippen LogP contribution is -2.34. The molecule has 0 aliphatic carbocycles. The Hall–Kier alpha value is -4.38. The van der Waals surface area contributed by atoms with Gasteiger partial charge >= 0.3 is 11.9 Å². The van der Waals surface area contributed by atoms with Crippen LogP contribution >= 0.6 is 11.8 Å². The molecule has 3 amide bonds. The molecule has 1 aliphatic rings. The van der Waals surface area contributed by atoms with E-state index < -0.39 is 29.6 Å². The van der Waals surface area contributed by atoms with Crippen molar-refractivity contribution in [1.82, 2.24) is 9.47 Å². The van der Waals surface area contributed by atoms with Crippen molar-refractivity contribution in [2.75, 3.05) is 25.6 Å². The molecular weight excluding hydrogens is 498 g/mol. The number of para-hydroxylation sites is 1. The summed E-state index contributed by atoms with van der Waals surface area (Å²) in [5.41, 5.74) is 2.29. The standard InChI is InChI=1S/C26H23N3O7S/c1-3-36-23(31)15-29-24(32)21(37-26(29)34)12-17-13-28(20-7-5-4-6-19(17)20)14-22(30)27-18-10-8-16(9-11-18)25(33)35-2/h4-13H,3,14-15H2,1-2H3,(H,27,30)/b21-12-. The van der Waals surface area contributed by atoms with E-state index in [-0.39, 0.29) is 24.0 Å². The Morgan fingerprint density at radius 3 is 2.46 bits per heavy atom. The molecule has 0 bridgehead atoms. The van der Waals surface area contributed by atoms with Gasteiger partial charge in [0.05, 0.1) is 24.2 Å². The highest BCUT2D eigenvalue weighted by Crippen LogP contribution is 2.34. The first-order chi connectivity index (χ1) is 17.8. The number of amides is 3. The summed E-state index contributed by atoms with van der Waals surface area (Å²) in [4.78, 5) is 62.2. The number of nitrogens with one attached hydrogen (secondary N) is 1. The van der Waals surface area contributed by atoms with E-state index in [1.165, 1.54) is 7.11 Å². The van der Waals surface area contributed by atoms with Gasteiger partial charge in [0.2, 0.25) is 5.91 Å². The monoisotopic (exact) mass is 521 g/mol. The fraction of sp³-hybridized carbons (Fsp3) is 0.192. The van der Waals surface area contributed by atoms with Gasteiger partial charge in [0.1, 0.15) is 13.1 Å². The normalized spacial score (nSPS) is 14.3. The van der Waals surface area contributed by atoms with E-state index in [1.807, 2.05) is 24.3 Å². The van der Waals surface area contributed by atoms with Crippen LogP contribution in [0.25, 0.3) is 17.0 Å². The lowest BCUT2D eigenvalue weighted by molar-refractivity contribution is -0.146. The van der Waals surface area contributed by atoms with Crippen LogP contribution in [0.4, 0.5) is 10.5 Å². The molecular formula is C26H23N3O7S. The number of methoxy groups -OCH3 is 1. The molecule has 0 unspecified atom stereocenters. The lowest BCUT2D eigenvalue weighted by Gasteiger charge is -2.10. The minimum Gasteiger partial charge on any atom is -0.465 e. The SMILES string of the molecule is CCOC(=O)CN1C(=O)S/C(=C\c2cn(CC(=O)Nc3ccc(C(=O)OC)cc3)c3ccccc23)C1=O. The van der Waals surface area contributed by atoms with Crippen LogP contribution in [0.15, 0.2) is 59.6 Å². The molecule has 1 aromatic heterocycles. The van der Waals surface area contributed by atoms with Crippen molar-refractivity contribution in [3.8, 4) is 0 Å². The van der Waals surface area contributed by atoms with Gasteiger partial charge in [0, 0.05) is 28.4 Å². The highest BCUT2D eigenvalue weighted by molar-refractivity contribution is 8.18. The number of thioether (sulfide) groups is 1. The summed E-state index contributed by atoms with van der Waals surface area (Å²) in [5, 5.41) is 3.02. The van der Waals surface area contributed by atoms with E-state index in [9.17, 15) is 24.0 Å². The molecule has 2 aromatic carbocycles. The summed E-state index contributed by atoms with van der Waals surface area (Å²) in [6.07, 6.45) is 3.31. The molecule has 37 heavy (non-hydrogen) atoms. The van der Waals surface area contributed by atoms with Crippen molar-refractivity contribution in [3.63, 3.8) is 0 Å². The third kappa shape index (κ3) is 5.72. The zero-order valence-electron chi connectivity index (χ0n) is 20.1. The van der Waals surface area contributed by atoms with Gasteiger partial charge in [-0.3, -0.25) is 24.1 Å². The highest BCUT2D eigenvalue weighted by atomic mass is 32.2. The molecule has 1 saturated heterocycles. The maximum Gasteiger partial charge on any atom is 0.337 e. The topological polar surface area (TPSA) is 124 Å². The predicted octanol–water partition coefficient (Wildman–Crippen LogP) is 3.67. The van der Waals surface area contributed by atoms with Crippen molar-refractivity contribution < 1.29 is 33.4 Å². The number of ether oxygens (including phenoxy) is 2. The van der Waals surface area contributed by atoms with E-state index in [2.05, 4.69) is 10.1 Å². The Kier molecular flexibility index (Phi) is 7.73. The first-order valence-corrected chi connectivity index (χ1v) is 12.1. The Morgan fingerprint density at radius 1 is 1.03 bits per heavy atom. The molecule has 11 heteroatoms. The fourth-order valence-corrected chi connectivity index (χ4v) is 4.63. The molecule has 4 rings (SSSR count). The van der Waals surface area contributed by atoms with Crippen molar-refractivity contribution in [2.24, 2.45) is 0 Å². The van der Waals surface area contributed by atoms with Crippen LogP contribution in [-0.2, 0) is 30.4 Å². The largest absolute Gasteiger partial charge is 0.465 e. The molecule has 2 heterocycles. The van der Waals surface area contributed by atoms with E-state index in [1.54, 1.807) is 48.0 Å². The Balaban J connectivity index is 1.53. The van der Waals surface area contributed by atoms with E-state index in [4.69, 9.17) is 4.74 Å². The quantitative estimate of drug-likeness (QED) is 0.352. The van der Waals surface area contributed by atoms with Gasteiger partial charge in [-0.2, -0.15) is 0 Å². The summed E-state index contributed by atoms with van der Waals surface area (Å²) in [7, 11) is 1.29. The zero-order chi connectivity index (χ0) is 26.5. The van der Waals surface area contributed by atoms with Gasteiger partial charge in [0.15, 0.2) is 0 Å². The molecule has 0 atom stereocenters. The number of fused-ring (bicyclic) bond motifs is 1. The second kappa shape index (κ2) is 11.1. The smallest absolute Gasteiger partial charge is 0.337 e. The van der Waals surface area contributed by atoms with Crippen molar-refractivity contribution in [3.05, 3.63) is 70.8 Å². The zero-order valence-corrected chi connectivity index (χ0v) is 20.9. The number of rotatable bonds is 8. The summed E-state index contributed by atoms with van der Waals surface area (Å²) >= 11 is 0.744. The molecule has 0 spiro atoms. The molecule has 1 aliphatic heterocycles. The number of hydrogen-bond donors (Lipinski definition) is 1. The molecule has 190 valence electrons.